The van der Waals surface area contributed by atoms with Gasteiger partial charge in [0.15, 0.2) is 0 Å². The van der Waals surface area contributed by atoms with Crippen LogP contribution in [0.5, 0.6) is 0 Å². The number of unbranched alkanes of at least 4 members (excludes halogenated alkanes) is 20. The van der Waals surface area contributed by atoms with Crippen molar-refractivity contribution in [2.45, 2.75) is 213 Å². The van der Waals surface area contributed by atoms with Gasteiger partial charge in [-0.3, -0.25) is 9.36 Å². The molecule has 0 radical (unpaired) electrons. The van der Waals surface area contributed by atoms with Crippen LogP contribution in [0.2, 0.25) is 0 Å². The Labute approximate surface area is 401 Å². The summed E-state index contributed by atoms with van der Waals surface area (Å²) in [6.45, 7) is 5.25. The van der Waals surface area contributed by atoms with Gasteiger partial charge in [0, 0.05) is 13.0 Å². The highest BCUT2D eigenvalue weighted by Gasteiger charge is 2.20. The van der Waals surface area contributed by atoms with Crippen LogP contribution in [-0.4, -0.2) is 70.7 Å². The van der Waals surface area contributed by atoms with Gasteiger partial charge in [-0.1, -0.05) is 195 Å². The second-order valence-electron chi connectivity index (χ2n) is 18.5. The number of hydrogen-bond donors (Lipinski definition) is 0. The molecule has 9 heteroatoms. The van der Waals surface area contributed by atoms with Crippen LogP contribution in [0.3, 0.4) is 0 Å². The number of allylic oxidation sites excluding steroid dienone is 14. The summed E-state index contributed by atoms with van der Waals surface area (Å²) >= 11 is 0. The van der Waals surface area contributed by atoms with Gasteiger partial charge in [0.2, 0.25) is 0 Å². The maximum atomic E-state index is 12.8. The van der Waals surface area contributed by atoms with E-state index in [4.69, 9.17) is 18.5 Å². The van der Waals surface area contributed by atoms with E-state index in [9.17, 15) is 14.3 Å². The number of hydrogen-bond acceptors (Lipinski definition) is 7. The summed E-state index contributed by atoms with van der Waals surface area (Å²) < 4.78 is 34.8. The van der Waals surface area contributed by atoms with E-state index in [0.717, 1.165) is 83.5 Å². The highest BCUT2D eigenvalue weighted by atomic mass is 31.2. The Kier molecular flexibility index (Phi) is 46.4. The number of nitrogens with zero attached hydrogens (tertiary/aromatic N) is 1. The normalized spacial score (nSPS) is 14.2. The van der Waals surface area contributed by atoms with Crippen molar-refractivity contribution in [1.82, 2.24) is 0 Å². The Morgan fingerprint density at radius 2 is 0.892 bits per heavy atom. The van der Waals surface area contributed by atoms with E-state index in [2.05, 4.69) is 98.9 Å². The molecule has 0 rings (SSSR count). The zero-order chi connectivity index (χ0) is 47.6. The van der Waals surface area contributed by atoms with Gasteiger partial charge in [0.25, 0.3) is 7.82 Å². The molecule has 0 saturated heterocycles. The summed E-state index contributed by atoms with van der Waals surface area (Å²) in [6.07, 6.45) is 64.6. The zero-order valence-corrected chi connectivity index (χ0v) is 43.6. The predicted octanol–water partition coefficient (Wildman–Crippen LogP) is 15.8. The standard InChI is InChI=1S/C56H100NO7P/c1-6-8-10-12-14-16-18-20-22-24-26-27-28-29-30-32-34-36-38-40-42-44-46-48-51-61-53-55(54-63-65(59,60)62-52-50-57(3,4)5)64-56(58)49-47-45-43-41-39-37-35-33-31-25-23-21-19-17-15-13-11-9-7-2/h8,10,14-17,20-23,26-27,31,33,55H,6-7,9,11-13,18-19,24-25,28-30,32,34-54H2,1-5H3/b10-8-,16-14-,17-15-,22-20-,23-21-,27-26-,33-31-. The fraction of sp³-hybridized carbons (Fsp3) is 0.732. The van der Waals surface area contributed by atoms with Crippen molar-refractivity contribution < 1.29 is 37.3 Å². The Bertz CT molecular complexity index is 1310. The van der Waals surface area contributed by atoms with Crippen LogP contribution < -0.4 is 4.89 Å². The molecule has 0 aromatic carbocycles. The Hall–Kier alpha value is -2.32. The quantitative estimate of drug-likeness (QED) is 0.0197. The van der Waals surface area contributed by atoms with E-state index in [1.165, 1.54) is 103 Å². The maximum absolute atomic E-state index is 12.8. The van der Waals surface area contributed by atoms with Crippen LogP contribution in [0.4, 0.5) is 0 Å². The molecule has 65 heavy (non-hydrogen) atoms. The molecule has 0 fully saturated rings. The Balaban J connectivity index is 4.16. The molecule has 0 aliphatic rings. The lowest BCUT2D eigenvalue weighted by molar-refractivity contribution is -0.870. The molecule has 0 N–H and O–H groups in total. The molecule has 0 aromatic heterocycles. The first-order valence-corrected chi connectivity index (χ1v) is 27.8. The monoisotopic (exact) mass is 930 g/mol. The molecule has 0 aliphatic heterocycles. The number of phosphoric acid groups is 1. The van der Waals surface area contributed by atoms with Gasteiger partial charge < -0.3 is 27.9 Å². The van der Waals surface area contributed by atoms with Crippen LogP contribution >= 0.6 is 7.82 Å². The molecule has 0 aromatic rings. The summed E-state index contributed by atoms with van der Waals surface area (Å²) in [6, 6.07) is 0. The smallest absolute Gasteiger partial charge is 0.306 e. The first-order chi connectivity index (χ1) is 31.6. The van der Waals surface area contributed by atoms with Crippen molar-refractivity contribution >= 4 is 13.8 Å². The van der Waals surface area contributed by atoms with E-state index in [-0.39, 0.29) is 25.8 Å². The minimum absolute atomic E-state index is 0.0187. The van der Waals surface area contributed by atoms with Gasteiger partial charge in [-0.05, 0) is 89.9 Å². The number of rotatable bonds is 48. The van der Waals surface area contributed by atoms with Gasteiger partial charge in [-0.2, -0.15) is 0 Å². The van der Waals surface area contributed by atoms with Gasteiger partial charge in [0.05, 0.1) is 34.4 Å². The first kappa shape index (κ1) is 62.7. The zero-order valence-electron chi connectivity index (χ0n) is 42.7. The SMILES string of the molecule is CC/C=C\C/C=C\C/C=C\C/C=C\CCCCCCCCCCCCCOCC(COP(=O)([O-])OCC[N+](C)(C)C)OC(=O)CCCCCCCC/C=C\C/C=C\C/C=C\CCCCC. The Morgan fingerprint density at radius 3 is 1.34 bits per heavy atom. The molecule has 2 unspecified atom stereocenters. The Morgan fingerprint density at radius 1 is 0.492 bits per heavy atom. The fourth-order valence-corrected chi connectivity index (χ4v) is 7.63. The van der Waals surface area contributed by atoms with Crippen LogP contribution in [0, 0.1) is 0 Å². The molecule has 0 heterocycles. The second kappa shape index (κ2) is 48.1. The molecule has 2 atom stereocenters. The number of carbonyl (C=O) groups is 1. The minimum atomic E-state index is -4.54. The molecule has 0 aliphatic carbocycles. The van der Waals surface area contributed by atoms with E-state index in [1.54, 1.807) is 0 Å². The van der Waals surface area contributed by atoms with E-state index in [1.807, 2.05) is 21.1 Å². The first-order valence-electron chi connectivity index (χ1n) is 26.3. The van der Waals surface area contributed by atoms with Gasteiger partial charge in [-0.25, -0.2) is 0 Å². The van der Waals surface area contributed by atoms with Crippen LogP contribution in [-0.2, 0) is 27.9 Å². The summed E-state index contributed by atoms with van der Waals surface area (Å²) in [5, 5.41) is 0. The number of phosphoric ester groups is 1. The van der Waals surface area contributed by atoms with Crippen molar-refractivity contribution in [2.75, 3.05) is 54.1 Å². The lowest BCUT2D eigenvalue weighted by Crippen LogP contribution is -2.37. The van der Waals surface area contributed by atoms with Gasteiger partial charge in [-0.15, -0.1) is 0 Å². The summed E-state index contributed by atoms with van der Waals surface area (Å²) in [4.78, 5) is 25.2. The average Bonchev–Trinajstić information content (AvgIpc) is 3.27. The van der Waals surface area contributed by atoms with Crippen LogP contribution in [0.1, 0.15) is 206 Å². The molecule has 0 spiro atoms. The number of quaternary nitrogens is 1. The molecular weight excluding hydrogens is 830 g/mol. The largest absolute Gasteiger partial charge is 0.756 e. The molecule has 0 saturated carbocycles. The third-order valence-electron chi connectivity index (χ3n) is 10.9. The number of carbonyl (C=O) groups excluding carboxylic acids is 1. The predicted molar refractivity (Wildman–Crippen MR) is 277 cm³/mol. The lowest BCUT2D eigenvalue weighted by atomic mass is 10.1. The summed E-state index contributed by atoms with van der Waals surface area (Å²) in [5.74, 6) is -0.349. The molecule has 0 bridgehead atoms. The number of ether oxygens (including phenoxy) is 2. The number of esters is 1. The maximum Gasteiger partial charge on any atom is 0.306 e. The third-order valence-corrected chi connectivity index (χ3v) is 11.9. The highest BCUT2D eigenvalue weighted by molar-refractivity contribution is 7.45. The van der Waals surface area contributed by atoms with Crippen molar-refractivity contribution in [3.8, 4) is 0 Å². The topological polar surface area (TPSA) is 94.1 Å². The van der Waals surface area contributed by atoms with E-state index in [0.29, 0.717) is 24.1 Å². The highest BCUT2D eigenvalue weighted by Crippen LogP contribution is 2.38. The van der Waals surface area contributed by atoms with Crippen molar-refractivity contribution in [2.24, 2.45) is 0 Å². The second-order valence-corrected chi connectivity index (χ2v) is 19.9. The molecule has 8 nitrogen and oxygen atoms in total. The van der Waals surface area contributed by atoms with Crippen LogP contribution in [0.25, 0.3) is 0 Å². The van der Waals surface area contributed by atoms with E-state index < -0.39 is 13.9 Å². The number of likely N-dealkylation sites (N-methyl/N-ethyl adjacent to an activating group) is 1. The lowest BCUT2D eigenvalue weighted by Gasteiger charge is -2.28. The average molecular weight is 930 g/mol. The molecular formula is C56H100NO7P. The van der Waals surface area contributed by atoms with Crippen LogP contribution in [0.15, 0.2) is 85.1 Å². The fourth-order valence-electron chi connectivity index (χ4n) is 6.90. The molecule has 376 valence electrons. The van der Waals surface area contributed by atoms with Crippen molar-refractivity contribution in [1.29, 1.82) is 0 Å². The summed E-state index contributed by atoms with van der Waals surface area (Å²) in [7, 11) is 1.34. The minimum Gasteiger partial charge on any atom is -0.756 e. The van der Waals surface area contributed by atoms with Gasteiger partial charge >= 0.3 is 5.97 Å². The summed E-state index contributed by atoms with van der Waals surface area (Å²) in [5.41, 5.74) is 0. The van der Waals surface area contributed by atoms with Crippen molar-refractivity contribution in [3.63, 3.8) is 0 Å². The van der Waals surface area contributed by atoms with E-state index >= 15 is 0 Å². The van der Waals surface area contributed by atoms with Crippen molar-refractivity contribution in [3.05, 3.63) is 85.1 Å². The molecule has 0 amide bonds. The van der Waals surface area contributed by atoms with Gasteiger partial charge in [0.1, 0.15) is 19.3 Å². The third kappa shape index (κ3) is 52.5.